The lowest BCUT2D eigenvalue weighted by Crippen LogP contribution is -2.40. The maximum atomic E-state index is 13.0. The predicted molar refractivity (Wildman–Crippen MR) is 121 cm³/mol. The number of hydrogen-bond acceptors (Lipinski definition) is 6. The van der Waals surface area contributed by atoms with Gasteiger partial charge in [0.1, 0.15) is 0 Å². The van der Waals surface area contributed by atoms with Crippen LogP contribution in [0.15, 0.2) is 66.1 Å². The monoisotopic (exact) mass is 431 g/mol. The molecule has 0 unspecified atom stereocenters. The van der Waals surface area contributed by atoms with Gasteiger partial charge in [0.05, 0.1) is 24.4 Å². The van der Waals surface area contributed by atoms with E-state index in [1.165, 1.54) is 0 Å². The Morgan fingerprint density at radius 2 is 1.87 bits per heavy atom. The largest absolute Gasteiger partial charge is 0.378 e. The second-order valence-corrected chi connectivity index (χ2v) is 8.04. The Kier molecular flexibility index (Phi) is 5.40. The number of ether oxygens (including phenoxy) is 1. The van der Waals surface area contributed by atoms with E-state index in [2.05, 4.69) is 15.0 Å². The minimum atomic E-state index is 0.0232. The third-order valence-corrected chi connectivity index (χ3v) is 6.11. The first-order valence-electron chi connectivity index (χ1n) is 10.0. The Morgan fingerprint density at radius 3 is 2.58 bits per heavy atom. The summed E-state index contributed by atoms with van der Waals surface area (Å²) in [5.41, 5.74) is 3.25. The van der Waals surface area contributed by atoms with Crippen LogP contribution in [0.4, 0.5) is 0 Å². The first-order chi connectivity index (χ1) is 15.2. The molecule has 1 aliphatic rings. The number of nitrogens with zero attached hydrogens (tertiary/aromatic N) is 5. The van der Waals surface area contributed by atoms with Gasteiger partial charge in [-0.1, -0.05) is 12.1 Å². The van der Waals surface area contributed by atoms with Gasteiger partial charge in [0, 0.05) is 59.3 Å². The molecule has 3 aromatic heterocycles. The Morgan fingerprint density at radius 1 is 1.06 bits per heavy atom. The van der Waals surface area contributed by atoms with Crippen LogP contribution in [0.3, 0.4) is 0 Å². The van der Waals surface area contributed by atoms with E-state index >= 15 is 0 Å². The van der Waals surface area contributed by atoms with Gasteiger partial charge in [-0.2, -0.15) is 0 Å². The zero-order valence-corrected chi connectivity index (χ0v) is 17.9. The number of pyridine rings is 1. The fourth-order valence-electron chi connectivity index (χ4n) is 3.72. The highest BCUT2D eigenvalue weighted by Crippen LogP contribution is 2.31. The van der Waals surface area contributed by atoms with Crippen molar-refractivity contribution in [1.82, 2.24) is 24.4 Å². The van der Waals surface area contributed by atoms with Crippen molar-refractivity contribution in [2.24, 2.45) is 0 Å². The molecular weight excluding hydrogens is 410 g/mol. The average Bonchev–Trinajstić information content (AvgIpc) is 3.23. The normalized spacial score (nSPS) is 14.2. The van der Waals surface area contributed by atoms with E-state index in [0.29, 0.717) is 37.8 Å². The minimum Gasteiger partial charge on any atom is -0.378 e. The highest BCUT2D eigenvalue weighted by atomic mass is 32.2. The van der Waals surface area contributed by atoms with Crippen LogP contribution in [0.1, 0.15) is 10.4 Å². The summed E-state index contributed by atoms with van der Waals surface area (Å²) in [5, 5.41) is 1.07. The summed E-state index contributed by atoms with van der Waals surface area (Å²) in [7, 11) is 0. The summed E-state index contributed by atoms with van der Waals surface area (Å²) in [4.78, 5) is 29.4. The minimum absolute atomic E-state index is 0.0232. The molecule has 0 aliphatic carbocycles. The van der Waals surface area contributed by atoms with Gasteiger partial charge in [-0.15, -0.1) is 11.8 Å². The number of rotatable bonds is 4. The Hall–Kier alpha value is -3.23. The molecule has 4 heterocycles. The van der Waals surface area contributed by atoms with Gasteiger partial charge < -0.3 is 9.64 Å². The standard InChI is InChI=1S/C23H21N5O2S/c1-31-21-15-28(23-25-13-17(14-26-23)19-4-2-3-7-24-19)20-12-16(5-6-18(20)21)22(29)27-8-10-30-11-9-27/h2-7,12-15H,8-11H2,1H3. The van der Waals surface area contributed by atoms with Crippen LogP contribution in [0.25, 0.3) is 28.1 Å². The van der Waals surface area contributed by atoms with Gasteiger partial charge in [0.15, 0.2) is 0 Å². The molecule has 1 aromatic carbocycles. The molecule has 0 N–H and O–H groups in total. The van der Waals surface area contributed by atoms with E-state index in [4.69, 9.17) is 4.74 Å². The molecule has 0 saturated carbocycles. The van der Waals surface area contributed by atoms with Crippen molar-refractivity contribution >= 4 is 28.6 Å². The van der Waals surface area contributed by atoms with Gasteiger partial charge in [-0.3, -0.25) is 14.3 Å². The van der Waals surface area contributed by atoms with E-state index < -0.39 is 0 Å². The maximum absolute atomic E-state index is 13.0. The Bertz CT molecular complexity index is 1220. The number of fused-ring (bicyclic) bond motifs is 1. The van der Waals surface area contributed by atoms with Crippen molar-refractivity contribution in [2.75, 3.05) is 32.6 Å². The fourth-order valence-corrected chi connectivity index (χ4v) is 4.32. The van der Waals surface area contributed by atoms with Gasteiger partial charge in [0.2, 0.25) is 5.95 Å². The van der Waals surface area contributed by atoms with E-state index in [0.717, 1.165) is 27.1 Å². The number of morpholine rings is 1. The second-order valence-electron chi connectivity index (χ2n) is 7.19. The smallest absolute Gasteiger partial charge is 0.254 e. The van der Waals surface area contributed by atoms with Crippen LogP contribution >= 0.6 is 11.8 Å². The summed E-state index contributed by atoms with van der Waals surface area (Å²) in [6.45, 7) is 2.40. The van der Waals surface area contributed by atoms with Crippen molar-refractivity contribution in [3.8, 4) is 17.2 Å². The van der Waals surface area contributed by atoms with Crippen molar-refractivity contribution in [1.29, 1.82) is 0 Å². The summed E-state index contributed by atoms with van der Waals surface area (Å²) >= 11 is 1.66. The van der Waals surface area contributed by atoms with Gasteiger partial charge in [-0.25, -0.2) is 9.97 Å². The highest BCUT2D eigenvalue weighted by molar-refractivity contribution is 7.98. The lowest BCUT2D eigenvalue weighted by molar-refractivity contribution is 0.0303. The van der Waals surface area contributed by atoms with Crippen LogP contribution in [0.5, 0.6) is 0 Å². The molecule has 156 valence electrons. The lowest BCUT2D eigenvalue weighted by atomic mass is 10.1. The molecule has 1 saturated heterocycles. The summed E-state index contributed by atoms with van der Waals surface area (Å²) in [6, 6.07) is 11.6. The van der Waals surface area contributed by atoms with E-state index in [-0.39, 0.29) is 5.91 Å². The Labute approximate surface area is 184 Å². The third-order valence-electron chi connectivity index (χ3n) is 5.35. The predicted octanol–water partition coefficient (Wildman–Crippen LogP) is 3.68. The molecule has 0 radical (unpaired) electrons. The summed E-state index contributed by atoms with van der Waals surface area (Å²) in [6.07, 6.45) is 9.36. The molecule has 5 rings (SSSR count). The van der Waals surface area contributed by atoms with Crippen molar-refractivity contribution in [3.63, 3.8) is 0 Å². The van der Waals surface area contributed by atoms with Crippen molar-refractivity contribution < 1.29 is 9.53 Å². The molecule has 8 heteroatoms. The third kappa shape index (κ3) is 3.80. The molecule has 1 amide bonds. The highest BCUT2D eigenvalue weighted by Gasteiger charge is 2.20. The van der Waals surface area contributed by atoms with Crippen molar-refractivity contribution in [3.05, 3.63) is 66.7 Å². The SMILES string of the molecule is CSc1cn(-c2ncc(-c3ccccn3)cn2)c2cc(C(=O)N3CCOCC3)ccc12. The molecule has 0 atom stereocenters. The van der Waals surface area contributed by atoms with Gasteiger partial charge >= 0.3 is 0 Å². The zero-order valence-electron chi connectivity index (χ0n) is 17.1. The number of thioether (sulfide) groups is 1. The molecule has 1 fully saturated rings. The number of amides is 1. The topological polar surface area (TPSA) is 73.1 Å². The number of benzene rings is 1. The average molecular weight is 432 g/mol. The first kappa shape index (κ1) is 19.7. The fraction of sp³-hybridized carbons (Fsp3) is 0.217. The number of carbonyl (C=O) groups excluding carboxylic acids is 1. The maximum Gasteiger partial charge on any atom is 0.254 e. The van der Waals surface area contributed by atoms with E-state index in [9.17, 15) is 4.79 Å². The molecular formula is C23H21N5O2S. The van der Waals surface area contributed by atoms with Crippen molar-refractivity contribution in [2.45, 2.75) is 4.90 Å². The van der Waals surface area contributed by atoms with Gasteiger partial charge in [0.25, 0.3) is 5.91 Å². The van der Waals surface area contributed by atoms with E-state index in [1.807, 2.05) is 58.3 Å². The van der Waals surface area contributed by atoms with Crippen LogP contribution in [-0.2, 0) is 4.74 Å². The first-order valence-corrected chi connectivity index (χ1v) is 11.3. The molecule has 0 spiro atoms. The Balaban J connectivity index is 1.54. The number of hydrogen-bond donors (Lipinski definition) is 0. The summed E-state index contributed by atoms with van der Waals surface area (Å²) < 4.78 is 7.31. The van der Waals surface area contributed by atoms with E-state index in [1.54, 1.807) is 30.4 Å². The summed E-state index contributed by atoms with van der Waals surface area (Å²) in [5.74, 6) is 0.580. The van der Waals surface area contributed by atoms with Gasteiger partial charge in [-0.05, 0) is 30.5 Å². The quantitative estimate of drug-likeness (QED) is 0.459. The molecule has 0 bridgehead atoms. The zero-order chi connectivity index (χ0) is 21.2. The van der Waals surface area contributed by atoms with Crippen LogP contribution in [-0.4, -0.2) is 62.9 Å². The lowest BCUT2D eigenvalue weighted by Gasteiger charge is -2.26. The molecule has 1 aliphatic heterocycles. The number of aromatic nitrogens is 4. The molecule has 7 nitrogen and oxygen atoms in total. The molecule has 31 heavy (non-hydrogen) atoms. The van der Waals surface area contributed by atoms with Crippen LogP contribution < -0.4 is 0 Å². The number of carbonyl (C=O) groups is 1. The second kappa shape index (κ2) is 8.49. The van der Waals surface area contributed by atoms with Crippen LogP contribution in [0, 0.1) is 0 Å². The van der Waals surface area contributed by atoms with Crippen LogP contribution in [0.2, 0.25) is 0 Å². The molecule has 4 aromatic rings.